The fourth-order valence-corrected chi connectivity index (χ4v) is 4.13. The van der Waals surface area contributed by atoms with E-state index in [0.717, 1.165) is 11.3 Å². The number of sulfonamides is 1. The number of carbonyl (C=O) groups excluding carboxylic acids is 1. The van der Waals surface area contributed by atoms with E-state index in [1.807, 2.05) is 0 Å². The van der Waals surface area contributed by atoms with Crippen LogP contribution in [0.25, 0.3) is 0 Å². The highest BCUT2D eigenvalue weighted by atomic mass is 35.5. The van der Waals surface area contributed by atoms with Crippen LogP contribution in [0.1, 0.15) is 15.9 Å². The van der Waals surface area contributed by atoms with E-state index in [9.17, 15) is 13.2 Å². The first kappa shape index (κ1) is 14.2. The molecule has 7 heteroatoms. The van der Waals surface area contributed by atoms with Crippen molar-refractivity contribution in [3.8, 4) is 0 Å². The molecule has 1 aliphatic carbocycles. The summed E-state index contributed by atoms with van der Waals surface area (Å²) in [7, 11) is -3.81. The van der Waals surface area contributed by atoms with E-state index < -0.39 is 10.0 Å². The molecule has 0 bridgehead atoms. The Balaban J connectivity index is 2.19. The Labute approximate surface area is 130 Å². The van der Waals surface area contributed by atoms with Crippen molar-refractivity contribution in [2.45, 2.75) is 4.21 Å². The van der Waals surface area contributed by atoms with E-state index in [2.05, 4.69) is 4.40 Å². The summed E-state index contributed by atoms with van der Waals surface area (Å²) in [4.78, 5) is 12.0. The zero-order valence-corrected chi connectivity index (χ0v) is 12.9. The molecule has 0 N–H and O–H groups in total. The number of Topliss-reactive ketones (excluding diaryl/α,β-unsaturated/α-hetero) is 1. The zero-order valence-electron chi connectivity index (χ0n) is 10.5. The third-order valence-electron chi connectivity index (χ3n) is 2.90. The minimum Gasteiger partial charge on any atom is -0.288 e. The minimum absolute atomic E-state index is 0.0474. The van der Waals surface area contributed by atoms with Crippen LogP contribution in [0.15, 0.2) is 61.5 Å². The molecule has 4 nitrogen and oxygen atoms in total. The molecule has 1 aromatic heterocycles. The largest absolute Gasteiger partial charge is 0.292 e. The molecule has 0 saturated carbocycles. The van der Waals surface area contributed by atoms with Gasteiger partial charge in [-0.25, -0.2) is 0 Å². The minimum atomic E-state index is -3.81. The lowest BCUT2D eigenvalue weighted by Crippen LogP contribution is -2.16. The number of nitrogens with zero attached hydrogens (tertiary/aromatic N) is 1. The molecule has 1 heterocycles. The second-order valence-corrected chi connectivity index (χ2v) is 7.44. The molecular formula is C14H8ClNO3S2. The molecule has 0 atom stereocenters. The van der Waals surface area contributed by atoms with Crippen LogP contribution in [0, 0.1) is 0 Å². The summed E-state index contributed by atoms with van der Waals surface area (Å²) >= 11 is 6.97. The van der Waals surface area contributed by atoms with Gasteiger partial charge in [-0.2, -0.15) is 12.8 Å². The Hall–Kier alpha value is -1.76. The molecule has 0 spiro atoms. The zero-order chi connectivity index (χ0) is 15.0. The predicted octanol–water partition coefficient (Wildman–Crippen LogP) is 3.25. The molecule has 0 fully saturated rings. The molecule has 21 heavy (non-hydrogen) atoms. The number of carbonyl (C=O) groups is 1. The molecule has 0 unspecified atom stereocenters. The smallest absolute Gasteiger partial charge is 0.288 e. The van der Waals surface area contributed by atoms with Crippen molar-refractivity contribution in [1.29, 1.82) is 0 Å². The van der Waals surface area contributed by atoms with Crippen LogP contribution in [0.3, 0.4) is 0 Å². The predicted molar refractivity (Wildman–Crippen MR) is 82.8 cm³/mol. The Morgan fingerprint density at radius 2 is 1.76 bits per heavy atom. The van der Waals surface area contributed by atoms with Crippen molar-refractivity contribution >= 4 is 44.5 Å². The molecule has 0 radical (unpaired) electrons. The maximum Gasteiger partial charge on any atom is 0.292 e. The monoisotopic (exact) mass is 337 g/mol. The van der Waals surface area contributed by atoms with Crippen LogP contribution in [0.2, 0.25) is 0 Å². The van der Waals surface area contributed by atoms with E-state index >= 15 is 0 Å². The number of rotatable bonds is 2. The number of fused-ring (bicyclic) bond motifs is 1. The van der Waals surface area contributed by atoms with Crippen molar-refractivity contribution in [2.75, 3.05) is 0 Å². The van der Waals surface area contributed by atoms with Crippen LogP contribution in [0.4, 0.5) is 0 Å². The second kappa shape index (κ2) is 5.22. The van der Waals surface area contributed by atoms with Crippen LogP contribution in [0.5, 0.6) is 0 Å². The third kappa shape index (κ3) is 2.57. The Bertz CT molecular complexity index is 881. The number of hydrogen-bond acceptors (Lipinski definition) is 4. The van der Waals surface area contributed by atoms with Crippen LogP contribution < -0.4 is 0 Å². The lowest BCUT2D eigenvalue weighted by molar-refractivity contribution is 0.104. The molecule has 0 aliphatic heterocycles. The van der Waals surface area contributed by atoms with Crippen molar-refractivity contribution in [1.82, 2.24) is 0 Å². The fraction of sp³-hybridized carbons (Fsp3) is 0. The van der Waals surface area contributed by atoms with E-state index in [1.54, 1.807) is 35.7 Å². The van der Waals surface area contributed by atoms with Gasteiger partial charge in [0.1, 0.15) is 4.21 Å². The van der Waals surface area contributed by atoms with E-state index in [1.165, 1.54) is 12.1 Å². The lowest BCUT2D eigenvalue weighted by Gasteiger charge is -2.13. The topological polar surface area (TPSA) is 63.6 Å². The lowest BCUT2D eigenvalue weighted by atomic mass is 9.94. The molecule has 2 aromatic rings. The number of ketones is 1. The Kier molecular flexibility index (Phi) is 3.52. The summed E-state index contributed by atoms with van der Waals surface area (Å²) in [6.45, 7) is 0. The SMILES string of the molecule is O=C1C(Cl)=C/C(=N/S(=O)(=O)c2cccs2)c2ccccc21. The standard InChI is InChI=1S/C14H8ClNO3S2/c15-11-8-12(9-4-1-2-5-10(9)14(11)17)16-21(18,19)13-6-3-7-20-13/h1-8H/b16-12-. The summed E-state index contributed by atoms with van der Waals surface area (Å²) in [6, 6.07) is 9.77. The summed E-state index contributed by atoms with van der Waals surface area (Å²) in [5.41, 5.74) is 0.987. The maximum atomic E-state index is 12.2. The fourth-order valence-electron chi connectivity index (χ4n) is 1.96. The van der Waals surface area contributed by atoms with E-state index in [0.29, 0.717) is 11.1 Å². The molecule has 0 saturated heterocycles. The highest BCUT2D eigenvalue weighted by Crippen LogP contribution is 2.26. The molecule has 0 amide bonds. The van der Waals surface area contributed by atoms with Gasteiger partial charge in [-0.15, -0.1) is 11.3 Å². The van der Waals surface area contributed by atoms with Gasteiger partial charge < -0.3 is 0 Å². The molecule has 3 rings (SSSR count). The van der Waals surface area contributed by atoms with Crippen LogP contribution in [-0.2, 0) is 10.0 Å². The number of benzene rings is 1. The average Bonchev–Trinajstić information content (AvgIpc) is 2.99. The molecule has 1 aromatic carbocycles. The van der Waals surface area contributed by atoms with Gasteiger partial charge in [0, 0.05) is 11.1 Å². The third-order valence-corrected chi connectivity index (χ3v) is 5.84. The van der Waals surface area contributed by atoms with Crippen LogP contribution >= 0.6 is 22.9 Å². The first-order valence-electron chi connectivity index (χ1n) is 5.89. The van der Waals surface area contributed by atoms with Crippen LogP contribution in [-0.4, -0.2) is 19.9 Å². The average molecular weight is 338 g/mol. The van der Waals surface area contributed by atoms with Gasteiger partial charge in [-0.05, 0) is 17.5 Å². The summed E-state index contributed by atoms with van der Waals surface area (Å²) < 4.78 is 28.4. The highest BCUT2D eigenvalue weighted by Gasteiger charge is 2.25. The molecule has 1 aliphatic rings. The van der Waals surface area contributed by atoms with Crippen molar-refractivity contribution < 1.29 is 13.2 Å². The van der Waals surface area contributed by atoms with Crippen molar-refractivity contribution in [2.24, 2.45) is 4.40 Å². The van der Waals surface area contributed by atoms with E-state index in [4.69, 9.17) is 11.6 Å². The highest BCUT2D eigenvalue weighted by molar-refractivity contribution is 7.92. The first-order valence-corrected chi connectivity index (χ1v) is 8.58. The number of halogens is 1. The summed E-state index contributed by atoms with van der Waals surface area (Å²) in [6.07, 6.45) is 1.29. The Morgan fingerprint density at radius 3 is 2.43 bits per heavy atom. The molecule has 106 valence electrons. The summed E-state index contributed by atoms with van der Waals surface area (Å²) in [5, 5.41) is 1.61. The van der Waals surface area contributed by atoms with E-state index in [-0.39, 0.29) is 20.7 Å². The van der Waals surface area contributed by atoms with Gasteiger partial charge >= 0.3 is 0 Å². The van der Waals surface area contributed by atoms with Gasteiger partial charge in [0.2, 0.25) is 5.78 Å². The quantitative estimate of drug-likeness (QED) is 0.845. The van der Waals surface area contributed by atoms with Crippen molar-refractivity contribution in [3.63, 3.8) is 0 Å². The normalized spacial score (nSPS) is 16.7. The number of allylic oxidation sites excluding steroid dienone is 2. The van der Waals surface area contributed by atoms with Gasteiger partial charge in [-0.3, -0.25) is 4.79 Å². The maximum absolute atomic E-state index is 12.2. The van der Waals surface area contributed by atoms with Gasteiger partial charge in [-0.1, -0.05) is 41.9 Å². The van der Waals surface area contributed by atoms with Gasteiger partial charge in [0.25, 0.3) is 10.0 Å². The Morgan fingerprint density at radius 1 is 1.05 bits per heavy atom. The van der Waals surface area contributed by atoms with Gasteiger partial charge in [0.05, 0.1) is 10.7 Å². The number of hydrogen-bond donors (Lipinski definition) is 0. The second-order valence-electron chi connectivity index (χ2n) is 4.25. The summed E-state index contributed by atoms with van der Waals surface area (Å²) in [5.74, 6) is -0.334. The number of thiophene rings is 1. The van der Waals surface area contributed by atoms with Gasteiger partial charge in [0.15, 0.2) is 0 Å². The van der Waals surface area contributed by atoms with Crippen molar-refractivity contribution in [3.05, 3.63) is 64.0 Å². The molecular weight excluding hydrogens is 330 g/mol. The first-order chi connectivity index (χ1) is 9.99.